The third-order valence-electron chi connectivity index (χ3n) is 4.17. The van der Waals surface area contributed by atoms with Crippen LogP contribution in [0, 0.1) is 20.8 Å². The number of thiazole rings is 1. The summed E-state index contributed by atoms with van der Waals surface area (Å²) in [5.41, 5.74) is 4.27. The molecule has 0 aliphatic heterocycles. The van der Waals surface area contributed by atoms with Gasteiger partial charge in [0.1, 0.15) is 10.7 Å². The number of carbonyl (C=O) groups is 1. The first-order valence-corrected chi connectivity index (χ1v) is 8.97. The zero-order valence-electron chi connectivity index (χ0n) is 15.1. The highest BCUT2D eigenvalue weighted by molar-refractivity contribution is 7.09. The number of carbonyl (C=O) groups excluding carboxylic acids is 1. The Balaban J connectivity index is 1.72. The van der Waals surface area contributed by atoms with Crippen LogP contribution in [0.15, 0.2) is 17.5 Å². The molecule has 0 aliphatic carbocycles. The molecule has 0 spiro atoms. The highest BCUT2D eigenvalue weighted by Gasteiger charge is 2.23. The summed E-state index contributed by atoms with van der Waals surface area (Å²) in [6.07, 6.45) is 0. The minimum atomic E-state index is -0.128. The van der Waals surface area contributed by atoms with E-state index in [1.54, 1.807) is 29.4 Å². The minimum absolute atomic E-state index is 0.0950. The first-order chi connectivity index (χ1) is 11.8. The molecule has 7 nitrogen and oxygen atoms in total. The molecule has 0 aromatic carbocycles. The fourth-order valence-electron chi connectivity index (χ4n) is 2.63. The van der Waals surface area contributed by atoms with E-state index in [0.717, 1.165) is 27.8 Å². The maximum absolute atomic E-state index is 12.7. The summed E-state index contributed by atoms with van der Waals surface area (Å²) in [5.74, 6) is -0.128. The molecule has 1 atom stereocenters. The lowest BCUT2D eigenvalue weighted by Gasteiger charge is -2.22. The quantitative estimate of drug-likeness (QED) is 0.760. The van der Waals surface area contributed by atoms with E-state index in [4.69, 9.17) is 0 Å². The van der Waals surface area contributed by atoms with Gasteiger partial charge >= 0.3 is 0 Å². The van der Waals surface area contributed by atoms with Crippen LogP contribution in [0.1, 0.15) is 51.2 Å². The predicted molar refractivity (Wildman–Crippen MR) is 96.8 cm³/mol. The van der Waals surface area contributed by atoms with Gasteiger partial charge in [-0.25, -0.2) is 4.98 Å². The van der Waals surface area contributed by atoms with Crippen molar-refractivity contribution in [2.75, 3.05) is 7.05 Å². The van der Waals surface area contributed by atoms with E-state index in [-0.39, 0.29) is 11.9 Å². The Kier molecular flexibility index (Phi) is 4.71. The number of amides is 1. The maximum atomic E-state index is 12.7. The molecular formula is C17H22N6OS. The Morgan fingerprint density at radius 2 is 2.08 bits per heavy atom. The normalized spacial score (nSPS) is 12.4. The van der Waals surface area contributed by atoms with Gasteiger partial charge in [-0.1, -0.05) is 0 Å². The molecule has 0 aliphatic rings. The summed E-state index contributed by atoms with van der Waals surface area (Å²) in [5, 5.41) is 14.5. The topological polar surface area (TPSA) is 79.7 Å². The second-order valence-electron chi connectivity index (χ2n) is 6.28. The maximum Gasteiger partial charge on any atom is 0.274 e. The van der Waals surface area contributed by atoms with E-state index in [2.05, 4.69) is 20.3 Å². The predicted octanol–water partition coefficient (Wildman–Crippen LogP) is 2.87. The Labute approximate surface area is 150 Å². The number of nitrogens with one attached hydrogen (secondary N) is 1. The third kappa shape index (κ3) is 3.63. The van der Waals surface area contributed by atoms with Gasteiger partial charge in [0.2, 0.25) is 0 Å². The molecular weight excluding hydrogens is 336 g/mol. The van der Waals surface area contributed by atoms with E-state index in [0.29, 0.717) is 12.2 Å². The number of hydrogen-bond acceptors (Lipinski definition) is 5. The first kappa shape index (κ1) is 17.3. The van der Waals surface area contributed by atoms with Crippen LogP contribution in [-0.2, 0) is 6.54 Å². The van der Waals surface area contributed by atoms with Gasteiger partial charge in [0.15, 0.2) is 0 Å². The summed E-state index contributed by atoms with van der Waals surface area (Å²) in [6.45, 7) is 8.45. The van der Waals surface area contributed by atoms with Crippen LogP contribution in [-0.4, -0.2) is 42.8 Å². The highest BCUT2D eigenvalue weighted by Crippen LogP contribution is 2.23. The van der Waals surface area contributed by atoms with Crippen molar-refractivity contribution in [3.05, 3.63) is 51.0 Å². The van der Waals surface area contributed by atoms with Crippen LogP contribution < -0.4 is 0 Å². The molecule has 0 fully saturated rings. The number of H-pyrrole nitrogens is 1. The lowest BCUT2D eigenvalue weighted by molar-refractivity contribution is 0.0736. The van der Waals surface area contributed by atoms with Crippen molar-refractivity contribution in [3.63, 3.8) is 0 Å². The van der Waals surface area contributed by atoms with Gasteiger partial charge in [-0.3, -0.25) is 14.6 Å². The number of aryl methyl sites for hydroxylation is 3. The largest absolute Gasteiger partial charge is 0.331 e. The Bertz CT molecular complexity index is 893. The molecule has 3 aromatic heterocycles. The third-order valence-corrected chi connectivity index (χ3v) is 5.30. The molecule has 0 bridgehead atoms. The summed E-state index contributed by atoms with van der Waals surface area (Å²) in [6, 6.07) is 3.71. The SMILES string of the molecule is Cc1csc(C(C)N(C)C(=O)c2cc(Cn3nc(C)cc3C)[nH]n2)n1. The van der Waals surface area contributed by atoms with E-state index in [1.807, 2.05) is 43.8 Å². The molecule has 3 rings (SSSR count). The number of nitrogens with zero attached hydrogens (tertiary/aromatic N) is 5. The van der Waals surface area contributed by atoms with Gasteiger partial charge in [0.25, 0.3) is 5.91 Å². The first-order valence-electron chi connectivity index (χ1n) is 8.09. The lowest BCUT2D eigenvalue weighted by atomic mass is 10.2. The average molecular weight is 358 g/mol. The van der Waals surface area contributed by atoms with Crippen LogP contribution >= 0.6 is 11.3 Å². The molecule has 3 heterocycles. The van der Waals surface area contributed by atoms with Gasteiger partial charge in [-0.2, -0.15) is 10.2 Å². The van der Waals surface area contributed by atoms with Crippen molar-refractivity contribution in [2.45, 2.75) is 40.3 Å². The standard InChI is InChI=1S/C17H22N6OS/c1-10-6-12(3)23(21-10)8-14-7-15(20-19-14)17(24)22(5)13(4)16-18-11(2)9-25-16/h6-7,9,13H,8H2,1-5H3,(H,19,20). The Morgan fingerprint density at radius 3 is 2.68 bits per heavy atom. The smallest absolute Gasteiger partial charge is 0.274 e. The van der Waals surface area contributed by atoms with Crippen LogP contribution in [0.4, 0.5) is 0 Å². The van der Waals surface area contributed by atoms with Gasteiger partial charge in [0.05, 0.1) is 24.0 Å². The molecule has 0 radical (unpaired) electrons. The van der Waals surface area contributed by atoms with Crippen molar-refractivity contribution < 1.29 is 4.79 Å². The molecule has 1 unspecified atom stereocenters. The molecule has 3 aromatic rings. The monoisotopic (exact) mass is 358 g/mol. The van der Waals surface area contributed by atoms with Crippen molar-refractivity contribution >= 4 is 17.2 Å². The van der Waals surface area contributed by atoms with E-state index < -0.39 is 0 Å². The molecule has 8 heteroatoms. The molecule has 1 amide bonds. The van der Waals surface area contributed by atoms with Gasteiger partial charge < -0.3 is 4.90 Å². The van der Waals surface area contributed by atoms with Crippen LogP contribution in [0.3, 0.4) is 0 Å². The van der Waals surface area contributed by atoms with Gasteiger partial charge in [0, 0.05) is 23.8 Å². The highest BCUT2D eigenvalue weighted by atomic mass is 32.1. The second-order valence-corrected chi connectivity index (χ2v) is 7.17. The van der Waals surface area contributed by atoms with E-state index >= 15 is 0 Å². The molecule has 25 heavy (non-hydrogen) atoms. The zero-order valence-corrected chi connectivity index (χ0v) is 15.9. The van der Waals surface area contributed by atoms with Crippen molar-refractivity contribution in [1.82, 2.24) is 29.9 Å². The molecule has 1 N–H and O–H groups in total. The fraction of sp³-hybridized carbons (Fsp3) is 0.412. The van der Waals surface area contributed by atoms with Gasteiger partial charge in [-0.15, -0.1) is 11.3 Å². The number of aromatic amines is 1. The number of rotatable bonds is 5. The van der Waals surface area contributed by atoms with Crippen LogP contribution in [0.5, 0.6) is 0 Å². The number of aromatic nitrogens is 5. The Hall–Kier alpha value is -2.48. The van der Waals surface area contributed by atoms with Crippen LogP contribution in [0.25, 0.3) is 0 Å². The lowest BCUT2D eigenvalue weighted by Crippen LogP contribution is -2.29. The van der Waals surface area contributed by atoms with E-state index in [9.17, 15) is 4.79 Å². The summed E-state index contributed by atoms with van der Waals surface area (Å²) in [7, 11) is 1.78. The van der Waals surface area contributed by atoms with Crippen molar-refractivity contribution in [3.8, 4) is 0 Å². The Morgan fingerprint density at radius 1 is 1.32 bits per heavy atom. The number of hydrogen-bond donors (Lipinski definition) is 1. The summed E-state index contributed by atoms with van der Waals surface area (Å²) >= 11 is 1.56. The molecule has 132 valence electrons. The molecule has 0 saturated heterocycles. The average Bonchev–Trinajstić information content (AvgIpc) is 3.27. The summed E-state index contributed by atoms with van der Waals surface area (Å²) < 4.78 is 1.89. The van der Waals surface area contributed by atoms with Crippen LogP contribution in [0.2, 0.25) is 0 Å². The van der Waals surface area contributed by atoms with Crippen molar-refractivity contribution in [2.24, 2.45) is 0 Å². The van der Waals surface area contributed by atoms with Crippen molar-refractivity contribution in [1.29, 1.82) is 0 Å². The zero-order chi connectivity index (χ0) is 18.1. The van der Waals surface area contributed by atoms with Gasteiger partial charge in [-0.05, 0) is 39.8 Å². The minimum Gasteiger partial charge on any atom is -0.331 e. The summed E-state index contributed by atoms with van der Waals surface area (Å²) in [4.78, 5) is 18.8. The molecule has 0 saturated carbocycles. The fourth-order valence-corrected chi connectivity index (χ4v) is 3.53. The second kappa shape index (κ2) is 6.79. The van der Waals surface area contributed by atoms with E-state index in [1.165, 1.54) is 0 Å².